The van der Waals surface area contributed by atoms with Gasteiger partial charge in [-0.05, 0) is 26.5 Å². The first-order valence-electron chi connectivity index (χ1n) is 10.3. The Morgan fingerprint density at radius 1 is 1.35 bits per heavy atom. The van der Waals surface area contributed by atoms with Crippen LogP contribution in [0, 0.1) is 0 Å². The van der Waals surface area contributed by atoms with E-state index >= 15 is 0 Å². The van der Waals surface area contributed by atoms with Crippen molar-refractivity contribution in [1.29, 1.82) is 0 Å². The standard InChI is InChI=1S/C21H27N7O3/c1-5-31-20-16(10-23-21(25-20)28-7-6-14(12-28)22-2)19(29)24-15-8-13-11-27(3)26-18(13)17(9-15)30-4/h8-11,14,22H,5-7,12H2,1-4H3,(H,24,29)/t14-/m1/s1. The van der Waals surface area contributed by atoms with Crippen LogP contribution in [0.4, 0.5) is 11.6 Å². The van der Waals surface area contributed by atoms with Crippen LogP contribution in [-0.2, 0) is 7.05 Å². The van der Waals surface area contributed by atoms with Gasteiger partial charge in [-0.25, -0.2) is 4.98 Å². The molecule has 4 rings (SSSR count). The number of carbonyl (C=O) groups excluding carboxylic acids is 1. The van der Waals surface area contributed by atoms with Crippen molar-refractivity contribution in [2.45, 2.75) is 19.4 Å². The van der Waals surface area contributed by atoms with E-state index in [2.05, 4.69) is 30.6 Å². The van der Waals surface area contributed by atoms with Crippen molar-refractivity contribution in [3.8, 4) is 11.6 Å². The van der Waals surface area contributed by atoms with Gasteiger partial charge in [-0.3, -0.25) is 9.48 Å². The zero-order valence-electron chi connectivity index (χ0n) is 18.2. The van der Waals surface area contributed by atoms with E-state index in [0.717, 1.165) is 30.4 Å². The molecule has 0 bridgehead atoms. The highest BCUT2D eigenvalue weighted by Gasteiger charge is 2.25. The Kier molecular flexibility index (Phi) is 5.90. The lowest BCUT2D eigenvalue weighted by molar-refractivity contribution is 0.102. The highest BCUT2D eigenvalue weighted by molar-refractivity contribution is 6.06. The summed E-state index contributed by atoms with van der Waals surface area (Å²) in [4.78, 5) is 24.1. The van der Waals surface area contributed by atoms with E-state index < -0.39 is 0 Å². The van der Waals surface area contributed by atoms with Crippen molar-refractivity contribution < 1.29 is 14.3 Å². The number of anilines is 2. The second kappa shape index (κ2) is 8.76. The molecule has 1 aliphatic rings. The van der Waals surface area contributed by atoms with Gasteiger partial charge in [-0.15, -0.1) is 0 Å². The number of amides is 1. The molecule has 1 atom stereocenters. The molecule has 1 aromatic carbocycles. The Morgan fingerprint density at radius 3 is 2.90 bits per heavy atom. The summed E-state index contributed by atoms with van der Waals surface area (Å²) >= 11 is 0. The van der Waals surface area contributed by atoms with E-state index in [4.69, 9.17) is 9.47 Å². The van der Waals surface area contributed by atoms with E-state index in [9.17, 15) is 4.79 Å². The zero-order chi connectivity index (χ0) is 22.0. The maximum atomic E-state index is 13.0. The fraction of sp³-hybridized carbons (Fsp3) is 0.429. The molecule has 2 N–H and O–H groups in total. The van der Waals surface area contributed by atoms with Crippen molar-refractivity contribution in [2.75, 3.05) is 44.1 Å². The number of carbonyl (C=O) groups is 1. The monoisotopic (exact) mass is 425 g/mol. The molecular formula is C21H27N7O3. The van der Waals surface area contributed by atoms with Gasteiger partial charge in [0.05, 0.1) is 13.7 Å². The van der Waals surface area contributed by atoms with Crippen LogP contribution in [0.25, 0.3) is 10.9 Å². The van der Waals surface area contributed by atoms with Crippen LogP contribution in [-0.4, -0.2) is 65.6 Å². The quantitative estimate of drug-likeness (QED) is 0.590. The number of fused-ring (bicyclic) bond motifs is 1. The predicted molar refractivity (Wildman–Crippen MR) is 118 cm³/mol. The lowest BCUT2D eigenvalue weighted by Crippen LogP contribution is -2.30. The molecule has 3 heterocycles. The van der Waals surface area contributed by atoms with E-state index in [1.54, 1.807) is 17.9 Å². The SMILES string of the molecule is CCOc1nc(N2CC[C@@H](NC)C2)ncc1C(=O)Nc1cc(OC)c2nn(C)cc2c1. The molecule has 0 aliphatic carbocycles. The topological polar surface area (TPSA) is 106 Å². The Hall–Kier alpha value is -3.40. The van der Waals surface area contributed by atoms with Crippen LogP contribution < -0.4 is 25.0 Å². The molecule has 1 aliphatic heterocycles. The first-order valence-corrected chi connectivity index (χ1v) is 10.3. The van der Waals surface area contributed by atoms with Gasteiger partial charge in [0.25, 0.3) is 5.91 Å². The summed E-state index contributed by atoms with van der Waals surface area (Å²) in [5.74, 6) is 1.07. The summed E-state index contributed by atoms with van der Waals surface area (Å²) in [6.45, 7) is 3.93. The molecule has 1 fully saturated rings. The number of methoxy groups -OCH3 is 1. The molecule has 0 unspecified atom stereocenters. The lowest BCUT2D eigenvalue weighted by Gasteiger charge is -2.18. The number of nitrogens with zero attached hydrogens (tertiary/aromatic N) is 5. The molecule has 3 aromatic rings. The molecule has 0 saturated carbocycles. The lowest BCUT2D eigenvalue weighted by atomic mass is 10.2. The van der Waals surface area contributed by atoms with E-state index in [1.807, 2.05) is 33.3 Å². The molecule has 2 aromatic heterocycles. The molecule has 1 saturated heterocycles. The molecule has 164 valence electrons. The summed E-state index contributed by atoms with van der Waals surface area (Å²) < 4.78 is 12.8. The van der Waals surface area contributed by atoms with Crippen molar-refractivity contribution >= 4 is 28.4 Å². The number of benzene rings is 1. The van der Waals surface area contributed by atoms with Crippen LogP contribution >= 0.6 is 0 Å². The van der Waals surface area contributed by atoms with Gasteiger partial charge in [0, 0.05) is 55.7 Å². The number of likely N-dealkylation sites (N-methyl/N-ethyl adjacent to an activating group) is 1. The summed E-state index contributed by atoms with van der Waals surface area (Å²) in [7, 11) is 5.36. The first kappa shape index (κ1) is 20.9. The zero-order valence-corrected chi connectivity index (χ0v) is 18.2. The van der Waals surface area contributed by atoms with Crippen molar-refractivity contribution in [1.82, 2.24) is 25.1 Å². The van der Waals surface area contributed by atoms with E-state index in [1.165, 1.54) is 6.20 Å². The summed E-state index contributed by atoms with van der Waals surface area (Å²) in [6.07, 6.45) is 4.41. The van der Waals surface area contributed by atoms with Crippen LogP contribution in [0.3, 0.4) is 0 Å². The number of hydrogen-bond acceptors (Lipinski definition) is 8. The number of aromatic nitrogens is 4. The van der Waals surface area contributed by atoms with Gasteiger partial charge in [-0.2, -0.15) is 10.1 Å². The average molecular weight is 425 g/mol. The largest absolute Gasteiger partial charge is 0.494 e. The molecule has 1 amide bonds. The van der Waals surface area contributed by atoms with Gasteiger partial charge in [0.2, 0.25) is 11.8 Å². The van der Waals surface area contributed by atoms with Gasteiger partial charge in [0.1, 0.15) is 16.8 Å². The minimum absolute atomic E-state index is 0.271. The maximum Gasteiger partial charge on any atom is 0.262 e. The predicted octanol–water partition coefficient (Wildman–Crippen LogP) is 1.82. The number of aryl methyl sites for hydroxylation is 1. The van der Waals surface area contributed by atoms with Crippen LogP contribution in [0.15, 0.2) is 24.5 Å². The highest BCUT2D eigenvalue weighted by atomic mass is 16.5. The molecule has 31 heavy (non-hydrogen) atoms. The molecular weight excluding hydrogens is 398 g/mol. The van der Waals surface area contributed by atoms with Crippen molar-refractivity contribution in [3.63, 3.8) is 0 Å². The third-order valence-electron chi connectivity index (χ3n) is 5.31. The van der Waals surface area contributed by atoms with Crippen LogP contribution in [0.2, 0.25) is 0 Å². The average Bonchev–Trinajstić information content (AvgIpc) is 3.39. The van der Waals surface area contributed by atoms with Gasteiger partial charge < -0.3 is 25.0 Å². The third kappa shape index (κ3) is 4.24. The van der Waals surface area contributed by atoms with Crippen LogP contribution in [0.1, 0.15) is 23.7 Å². The Labute approximate surface area is 180 Å². The molecule has 0 radical (unpaired) electrons. The van der Waals surface area contributed by atoms with Crippen molar-refractivity contribution in [2.24, 2.45) is 7.05 Å². The highest BCUT2D eigenvalue weighted by Crippen LogP contribution is 2.29. The fourth-order valence-electron chi connectivity index (χ4n) is 3.74. The second-order valence-electron chi connectivity index (χ2n) is 7.42. The third-order valence-corrected chi connectivity index (χ3v) is 5.31. The second-order valence-corrected chi connectivity index (χ2v) is 7.42. The molecule has 0 spiro atoms. The van der Waals surface area contributed by atoms with E-state index in [0.29, 0.717) is 30.0 Å². The smallest absolute Gasteiger partial charge is 0.262 e. The van der Waals surface area contributed by atoms with E-state index in [-0.39, 0.29) is 17.4 Å². The maximum absolute atomic E-state index is 13.0. The summed E-state index contributed by atoms with van der Waals surface area (Å²) in [6, 6.07) is 3.99. The minimum atomic E-state index is -0.352. The minimum Gasteiger partial charge on any atom is -0.494 e. The first-order chi connectivity index (χ1) is 15.0. The number of hydrogen-bond donors (Lipinski definition) is 2. The molecule has 10 nitrogen and oxygen atoms in total. The van der Waals surface area contributed by atoms with Crippen LogP contribution in [0.5, 0.6) is 11.6 Å². The number of nitrogens with one attached hydrogen (secondary N) is 2. The molecule has 10 heteroatoms. The Balaban J connectivity index is 1.60. The van der Waals surface area contributed by atoms with Gasteiger partial charge in [-0.1, -0.05) is 0 Å². The normalized spacial score (nSPS) is 16.0. The number of ether oxygens (including phenoxy) is 2. The number of rotatable bonds is 7. The van der Waals surface area contributed by atoms with Gasteiger partial charge >= 0.3 is 0 Å². The van der Waals surface area contributed by atoms with Gasteiger partial charge in [0.15, 0.2) is 0 Å². The summed E-state index contributed by atoms with van der Waals surface area (Å²) in [5, 5.41) is 11.4. The Bertz CT molecular complexity index is 1100. The fourth-order valence-corrected chi connectivity index (χ4v) is 3.74. The Morgan fingerprint density at radius 2 is 2.19 bits per heavy atom. The van der Waals surface area contributed by atoms with Crippen molar-refractivity contribution in [3.05, 3.63) is 30.1 Å². The summed E-state index contributed by atoms with van der Waals surface area (Å²) in [5.41, 5.74) is 1.60.